The van der Waals surface area contributed by atoms with Crippen LogP contribution in [0.3, 0.4) is 0 Å². The molecule has 0 aliphatic carbocycles. The minimum Gasteiger partial charge on any atom is -0.508 e. The van der Waals surface area contributed by atoms with Crippen molar-refractivity contribution < 1.29 is 24.9 Å². The Morgan fingerprint density at radius 3 is 2.39 bits per heavy atom. The summed E-state index contributed by atoms with van der Waals surface area (Å²) in [6.07, 6.45) is -1.29. The highest BCUT2D eigenvalue weighted by atomic mass is 16.6. The maximum atomic E-state index is 12.2. The van der Waals surface area contributed by atoms with E-state index in [2.05, 4.69) is 0 Å². The first kappa shape index (κ1) is 17.6. The lowest BCUT2D eigenvalue weighted by atomic mass is 9.79. The number of aliphatic hydroxyl groups excluding tert-OH is 2. The highest BCUT2D eigenvalue weighted by Crippen LogP contribution is 2.34. The number of β-amino-alcohol motifs (C(OH)–C–C–N with tert-alkyl or cyclic N) is 1. The number of hydrogen-bond acceptors (Lipinski definition) is 5. The molecule has 1 aromatic rings. The van der Waals surface area contributed by atoms with Crippen LogP contribution in [0.1, 0.15) is 32.3 Å². The SMILES string of the molecule is CC(C)(C)OC(=O)N1C[C@@H](CO)[C@H](c2ccc(O)cc2)[C@@H](O)C1. The number of likely N-dealkylation sites (tertiary alicyclic amines) is 1. The standard InChI is InChI=1S/C17H25NO5/c1-17(2,3)23-16(22)18-8-12(10-19)15(14(21)9-18)11-4-6-13(20)7-5-11/h4-7,12,14-15,19-21H,8-10H2,1-3H3/t12-,14-,15-/m0/s1. The largest absolute Gasteiger partial charge is 0.508 e. The molecule has 128 valence electrons. The van der Waals surface area contributed by atoms with E-state index in [1.807, 2.05) is 0 Å². The number of piperidine rings is 1. The number of phenolic OH excluding ortho intramolecular Hbond substituents is 1. The van der Waals surface area contributed by atoms with E-state index in [1.165, 1.54) is 4.90 Å². The average Bonchev–Trinajstić information content (AvgIpc) is 2.46. The van der Waals surface area contributed by atoms with Gasteiger partial charge in [0.1, 0.15) is 11.4 Å². The molecule has 1 saturated heterocycles. The summed E-state index contributed by atoms with van der Waals surface area (Å²) >= 11 is 0. The Bertz CT molecular complexity index is 537. The molecule has 1 aromatic carbocycles. The molecule has 1 aliphatic rings. The van der Waals surface area contributed by atoms with Crippen molar-refractivity contribution in [2.45, 2.75) is 38.4 Å². The molecule has 2 rings (SSSR count). The quantitative estimate of drug-likeness (QED) is 0.770. The number of rotatable bonds is 2. The van der Waals surface area contributed by atoms with Crippen molar-refractivity contribution in [3.8, 4) is 5.75 Å². The number of aromatic hydroxyl groups is 1. The minimum atomic E-state index is -0.807. The predicted molar refractivity (Wildman–Crippen MR) is 85.2 cm³/mol. The number of aliphatic hydroxyl groups is 2. The van der Waals surface area contributed by atoms with Crippen LogP contribution < -0.4 is 0 Å². The second-order valence-electron chi connectivity index (χ2n) is 7.01. The molecule has 1 aliphatic heterocycles. The van der Waals surface area contributed by atoms with Crippen LogP contribution in [0.5, 0.6) is 5.75 Å². The van der Waals surface area contributed by atoms with Crippen molar-refractivity contribution >= 4 is 6.09 Å². The summed E-state index contributed by atoms with van der Waals surface area (Å²) < 4.78 is 5.34. The Labute approximate surface area is 136 Å². The molecule has 1 heterocycles. The Hall–Kier alpha value is -1.79. The van der Waals surface area contributed by atoms with Gasteiger partial charge in [-0.1, -0.05) is 12.1 Å². The van der Waals surface area contributed by atoms with Crippen LogP contribution in [0.25, 0.3) is 0 Å². The van der Waals surface area contributed by atoms with Gasteiger partial charge in [0.15, 0.2) is 0 Å². The predicted octanol–water partition coefficient (Wildman–Crippen LogP) is 1.70. The van der Waals surface area contributed by atoms with Gasteiger partial charge in [0, 0.05) is 25.0 Å². The lowest BCUT2D eigenvalue weighted by Gasteiger charge is -2.41. The van der Waals surface area contributed by atoms with Crippen LogP contribution in [0.15, 0.2) is 24.3 Å². The van der Waals surface area contributed by atoms with Crippen molar-refractivity contribution in [3.63, 3.8) is 0 Å². The average molecular weight is 323 g/mol. The van der Waals surface area contributed by atoms with Gasteiger partial charge in [0.2, 0.25) is 0 Å². The van der Waals surface area contributed by atoms with Crippen LogP contribution in [0.2, 0.25) is 0 Å². The van der Waals surface area contributed by atoms with Gasteiger partial charge in [-0.15, -0.1) is 0 Å². The zero-order valence-corrected chi connectivity index (χ0v) is 13.8. The van der Waals surface area contributed by atoms with Gasteiger partial charge in [0.25, 0.3) is 0 Å². The fourth-order valence-electron chi connectivity index (χ4n) is 2.96. The van der Waals surface area contributed by atoms with Gasteiger partial charge < -0.3 is 25.0 Å². The second kappa shape index (κ2) is 6.76. The Morgan fingerprint density at radius 1 is 1.26 bits per heavy atom. The number of carbonyl (C=O) groups excluding carboxylic acids is 1. The highest BCUT2D eigenvalue weighted by Gasteiger charge is 2.39. The van der Waals surface area contributed by atoms with E-state index in [0.29, 0.717) is 6.54 Å². The lowest BCUT2D eigenvalue weighted by Crippen LogP contribution is -2.52. The first-order valence-electron chi connectivity index (χ1n) is 7.77. The topological polar surface area (TPSA) is 90.2 Å². The van der Waals surface area contributed by atoms with Crippen molar-refractivity contribution in [2.24, 2.45) is 5.92 Å². The number of hydrogen-bond donors (Lipinski definition) is 3. The molecule has 0 saturated carbocycles. The van der Waals surface area contributed by atoms with Crippen molar-refractivity contribution in [1.82, 2.24) is 4.90 Å². The summed E-state index contributed by atoms with van der Waals surface area (Å²) in [5, 5.41) is 29.6. The summed E-state index contributed by atoms with van der Waals surface area (Å²) in [6, 6.07) is 6.57. The van der Waals surface area contributed by atoms with Crippen LogP contribution in [-0.2, 0) is 4.74 Å². The van der Waals surface area contributed by atoms with E-state index < -0.39 is 17.8 Å². The smallest absolute Gasteiger partial charge is 0.410 e. The third kappa shape index (κ3) is 4.36. The third-order valence-electron chi connectivity index (χ3n) is 3.95. The zero-order chi connectivity index (χ0) is 17.2. The van der Waals surface area contributed by atoms with E-state index in [-0.39, 0.29) is 30.7 Å². The minimum absolute atomic E-state index is 0.148. The molecule has 0 spiro atoms. The van der Waals surface area contributed by atoms with Crippen LogP contribution in [0.4, 0.5) is 4.79 Å². The molecule has 0 bridgehead atoms. The highest BCUT2D eigenvalue weighted by molar-refractivity contribution is 5.68. The summed E-state index contributed by atoms with van der Waals surface area (Å²) in [7, 11) is 0. The van der Waals surface area contributed by atoms with Gasteiger partial charge in [0.05, 0.1) is 12.6 Å². The number of amides is 1. The normalized spacial score (nSPS) is 25.3. The van der Waals surface area contributed by atoms with Crippen LogP contribution in [-0.4, -0.2) is 57.7 Å². The van der Waals surface area contributed by atoms with E-state index in [9.17, 15) is 20.1 Å². The molecular formula is C17H25NO5. The number of phenols is 1. The van der Waals surface area contributed by atoms with E-state index in [1.54, 1.807) is 45.0 Å². The first-order valence-corrected chi connectivity index (χ1v) is 7.77. The van der Waals surface area contributed by atoms with Crippen molar-refractivity contribution in [2.75, 3.05) is 19.7 Å². The monoisotopic (exact) mass is 323 g/mol. The maximum absolute atomic E-state index is 12.2. The molecule has 3 N–H and O–H groups in total. The summed E-state index contributed by atoms with van der Waals surface area (Å²) in [5.41, 5.74) is 0.225. The van der Waals surface area contributed by atoms with Crippen LogP contribution >= 0.6 is 0 Å². The molecule has 1 amide bonds. The molecule has 0 unspecified atom stereocenters. The van der Waals surface area contributed by atoms with E-state index >= 15 is 0 Å². The fraction of sp³-hybridized carbons (Fsp3) is 0.588. The molecule has 0 aromatic heterocycles. The van der Waals surface area contributed by atoms with Crippen LogP contribution in [0, 0.1) is 5.92 Å². The molecule has 23 heavy (non-hydrogen) atoms. The van der Waals surface area contributed by atoms with Gasteiger partial charge >= 0.3 is 6.09 Å². The molecular weight excluding hydrogens is 298 g/mol. The number of carbonyl (C=O) groups is 1. The van der Waals surface area contributed by atoms with Crippen molar-refractivity contribution in [3.05, 3.63) is 29.8 Å². The van der Waals surface area contributed by atoms with Crippen molar-refractivity contribution in [1.29, 1.82) is 0 Å². The summed E-state index contributed by atoms with van der Waals surface area (Å²) in [4.78, 5) is 13.6. The summed E-state index contributed by atoms with van der Waals surface area (Å²) in [5.74, 6) is -0.440. The molecule has 0 radical (unpaired) electrons. The van der Waals surface area contributed by atoms with E-state index in [0.717, 1.165) is 5.56 Å². The maximum Gasteiger partial charge on any atom is 0.410 e. The fourth-order valence-corrected chi connectivity index (χ4v) is 2.96. The lowest BCUT2D eigenvalue weighted by molar-refractivity contribution is -0.0245. The van der Waals surface area contributed by atoms with Gasteiger partial charge in [-0.05, 0) is 38.5 Å². The number of ether oxygens (including phenoxy) is 1. The Balaban J connectivity index is 2.15. The van der Waals surface area contributed by atoms with Gasteiger partial charge in [-0.3, -0.25) is 0 Å². The van der Waals surface area contributed by atoms with Gasteiger partial charge in [-0.25, -0.2) is 4.79 Å². The van der Waals surface area contributed by atoms with Gasteiger partial charge in [-0.2, -0.15) is 0 Å². The Morgan fingerprint density at radius 2 is 1.87 bits per heavy atom. The molecule has 6 nitrogen and oxygen atoms in total. The first-order chi connectivity index (χ1) is 10.7. The number of benzene rings is 1. The second-order valence-corrected chi connectivity index (χ2v) is 7.01. The zero-order valence-electron chi connectivity index (χ0n) is 13.8. The molecule has 3 atom stereocenters. The molecule has 1 fully saturated rings. The third-order valence-corrected chi connectivity index (χ3v) is 3.95. The summed E-state index contributed by atoms with van der Waals surface area (Å²) in [6.45, 7) is 5.67. The molecule has 6 heteroatoms. The van der Waals surface area contributed by atoms with E-state index in [4.69, 9.17) is 4.74 Å². The Kier molecular flexibility index (Phi) is 5.16. The number of nitrogens with zero attached hydrogens (tertiary/aromatic N) is 1.